The van der Waals surface area contributed by atoms with Crippen molar-refractivity contribution in [2.24, 2.45) is 0 Å². The molecule has 5 heteroatoms. The lowest BCUT2D eigenvalue weighted by molar-refractivity contribution is -0.115. The van der Waals surface area contributed by atoms with Gasteiger partial charge in [-0.05, 0) is 46.3 Å². The minimum Gasteiger partial charge on any atom is -0.399 e. The van der Waals surface area contributed by atoms with Crippen molar-refractivity contribution in [2.75, 3.05) is 22.5 Å². The lowest BCUT2D eigenvalue weighted by Crippen LogP contribution is -2.35. The third-order valence-corrected chi connectivity index (χ3v) is 3.67. The van der Waals surface area contributed by atoms with E-state index in [2.05, 4.69) is 21.2 Å². The van der Waals surface area contributed by atoms with Gasteiger partial charge in [0.25, 0.3) is 0 Å². The number of amides is 1. The lowest BCUT2D eigenvalue weighted by atomic mass is 10.1. The van der Waals surface area contributed by atoms with Crippen LogP contribution in [0.2, 0.25) is 0 Å². The predicted octanol–water partition coefficient (Wildman–Crippen LogP) is 3.12. The molecule has 0 fully saturated rings. The van der Waals surface area contributed by atoms with Gasteiger partial charge in [-0.25, -0.2) is 0 Å². The zero-order valence-corrected chi connectivity index (χ0v) is 11.6. The summed E-state index contributed by atoms with van der Waals surface area (Å²) in [6, 6.07) is 13.3. The van der Waals surface area contributed by atoms with E-state index in [1.807, 2.05) is 47.4 Å². The number of carbonyl (C=O) groups excluding carboxylic acids is 1. The Kier molecular flexibility index (Phi) is 2.91. The average Bonchev–Trinajstić information content (AvgIpc) is 2.38. The largest absolute Gasteiger partial charge is 0.399 e. The summed E-state index contributed by atoms with van der Waals surface area (Å²) in [7, 11) is 0. The van der Waals surface area contributed by atoms with Crippen LogP contribution in [-0.4, -0.2) is 12.5 Å². The molecule has 1 aliphatic heterocycles. The van der Waals surface area contributed by atoms with Crippen LogP contribution in [0.3, 0.4) is 0 Å². The Morgan fingerprint density at radius 3 is 2.74 bits per heavy atom. The maximum absolute atomic E-state index is 11.8. The highest BCUT2D eigenvalue weighted by Gasteiger charge is 2.23. The zero-order chi connectivity index (χ0) is 13.4. The number of benzene rings is 2. The molecule has 4 nitrogen and oxygen atoms in total. The SMILES string of the molecule is Nc1ccc(N2CC(=O)Nc3ccccc32)c(Br)c1. The first-order chi connectivity index (χ1) is 9.15. The maximum atomic E-state index is 11.8. The molecule has 96 valence electrons. The number of nitrogen functional groups attached to an aromatic ring is 1. The fourth-order valence-corrected chi connectivity index (χ4v) is 2.80. The number of para-hydroxylation sites is 2. The molecule has 2 aromatic rings. The van der Waals surface area contributed by atoms with Crippen molar-refractivity contribution in [3.05, 3.63) is 46.9 Å². The molecule has 1 amide bonds. The summed E-state index contributed by atoms with van der Waals surface area (Å²) in [4.78, 5) is 13.8. The number of halogens is 1. The molecule has 2 aromatic carbocycles. The Hall–Kier alpha value is -2.01. The molecule has 1 aliphatic rings. The maximum Gasteiger partial charge on any atom is 0.244 e. The van der Waals surface area contributed by atoms with Crippen molar-refractivity contribution in [1.82, 2.24) is 0 Å². The first kappa shape index (κ1) is 12.0. The molecule has 0 radical (unpaired) electrons. The molecular formula is C14H12BrN3O. The third kappa shape index (κ3) is 2.17. The second-order valence-corrected chi connectivity index (χ2v) is 5.22. The minimum atomic E-state index is -0.0255. The lowest BCUT2D eigenvalue weighted by Gasteiger charge is -2.31. The Bertz CT molecular complexity index is 657. The van der Waals surface area contributed by atoms with Crippen LogP contribution in [0, 0.1) is 0 Å². The second kappa shape index (κ2) is 4.59. The van der Waals surface area contributed by atoms with E-state index in [0.29, 0.717) is 12.2 Å². The van der Waals surface area contributed by atoms with Crippen LogP contribution in [0.5, 0.6) is 0 Å². The van der Waals surface area contributed by atoms with Crippen LogP contribution >= 0.6 is 15.9 Å². The number of anilines is 4. The predicted molar refractivity (Wildman–Crippen MR) is 80.6 cm³/mol. The van der Waals surface area contributed by atoms with Gasteiger partial charge in [-0.3, -0.25) is 4.79 Å². The van der Waals surface area contributed by atoms with Gasteiger partial charge in [0.1, 0.15) is 6.54 Å². The smallest absolute Gasteiger partial charge is 0.244 e. The molecular weight excluding hydrogens is 306 g/mol. The van der Waals surface area contributed by atoms with E-state index in [4.69, 9.17) is 5.73 Å². The van der Waals surface area contributed by atoms with Crippen LogP contribution in [0.4, 0.5) is 22.7 Å². The summed E-state index contributed by atoms with van der Waals surface area (Å²) < 4.78 is 0.872. The molecule has 3 N–H and O–H groups in total. The van der Waals surface area contributed by atoms with Crippen molar-refractivity contribution in [1.29, 1.82) is 0 Å². The number of carbonyl (C=O) groups is 1. The van der Waals surface area contributed by atoms with E-state index in [0.717, 1.165) is 21.5 Å². The summed E-state index contributed by atoms with van der Waals surface area (Å²) in [5.74, 6) is -0.0255. The summed E-state index contributed by atoms with van der Waals surface area (Å²) in [5, 5.41) is 2.87. The van der Waals surface area contributed by atoms with E-state index in [1.165, 1.54) is 0 Å². The number of nitrogens with zero attached hydrogens (tertiary/aromatic N) is 1. The van der Waals surface area contributed by atoms with Crippen LogP contribution in [0.1, 0.15) is 0 Å². The number of hydrogen-bond donors (Lipinski definition) is 2. The van der Waals surface area contributed by atoms with E-state index < -0.39 is 0 Å². The van der Waals surface area contributed by atoms with Crippen molar-refractivity contribution >= 4 is 44.6 Å². The molecule has 0 atom stereocenters. The zero-order valence-electron chi connectivity index (χ0n) is 10.1. The quantitative estimate of drug-likeness (QED) is 0.794. The van der Waals surface area contributed by atoms with Crippen molar-refractivity contribution in [2.45, 2.75) is 0 Å². The molecule has 0 aromatic heterocycles. The summed E-state index contributed by atoms with van der Waals surface area (Å²) >= 11 is 3.50. The molecule has 0 bridgehead atoms. The molecule has 0 saturated heterocycles. The second-order valence-electron chi connectivity index (χ2n) is 4.36. The highest BCUT2D eigenvalue weighted by molar-refractivity contribution is 9.10. The molecule has 0 saturated carbocycles. The molecule has 19 heavy (non-hydrogen) atoms. The van der Waals surface area contributed by atoms with Gasteiger partial charge in [0, 0.05) is 10.2 Å². The van der Waals surface area contributed by atoms with E-state index >= 15 is 0 Å². The van der Waals surface area contributed by atoms with Crippen LogP contribution < -0.4 is 16.0 Å². The van der Waals surface area contributed by atoms with Gasteiger partial charge < -0.3 is 16.0 Å². The van der Waals surface area contributed by atoms with Crippen molar-refractivity contribution < 1.29 is 4.79 Å². The van der Waals surface area contributed by atoms with Crippen molar-refractivity contribution in [3.8, 4) is 0 Å². The number of nitrogens with one attached hydrogen (secondary N) is 1. The van der Waals surface area contributed by atoms with Gasteiger partial charge in [-0.2, -0.15) is 0 Å². The fourth-order valence-electron chi connectivity index (χ4n) is 2.19. The molecule has 0 unspecified atom stereocenters. The molecule has 0 aliphatic carbocycles. The first-order valence-electron chi connectivity index (χ1n) is 5.86. The number of rotatable bonds is 1. The molecule has 1 heterocycles. The van der Waals surface area contributed by atoms with Gasteiger partial charge in [0.15, 0.2) is 0 Å². The number of hydrogen-bond acceptors (Lipinski definition) is 3. The van der Waals surface area contributed by atoms with E-state index in [-0.39, 0.29) is 5.91 Å². The van der Waals surface area contributed by atoms with Crippen LogP contribution in [-0.2, 0) is 4.79 Å². The Morgan fingerprint density at radius 2 is 1.95 bits per heavy atom. The summed E-state index contributed by atoms with van der Waals surface area (Å²) in [6.07, 6.45) is 0. The third-order valence-electron chi connectivity index (χ3n) is 3.03. The fraction of sp³-hybridized carbons (Fsp3) is 0.0714. The standard InChI is InChI=1S/C14H12BrN3O/c15-10-7-9(16)5-6-12(10)18-8-14(19)17-11-3-1-2-4-13(11)18/h1-7H,8,16H2,(H,17,19). The van der Waals surface area contributed by atoms with E-state index in [1.54, 1.807) is 0 Å². The first-order valence-corrected chi connectivity index (χ1v) is 6.66. The summed E-state index contributed by atoms with van der Waals surface area (Å²) in [6.45, 7) is 0.291. The molecule has 3 rings (SSSR count). The summed E-state index contributed by atoms with van der Waals surface area (Å²) in [5.41, 5.74) is 9.16. The van der Waals surface area contributed by atoms with Gasteiger partial charge in [0.05, 0.1) is 17.1 Å². The Balaban J connectivity index is 2.12. The average molecular weight is 318 g/mol. The Morgan fingerprint density at radius 1 is 1.16 bits per heavy atom. The number of fused-ring (bicyclic) bond motifs is 1. The topological polar surface area (TPSA) is 58.4 Å². The van der Waals surface area contributed by atoms with E-state index in [9.17, 15) is 4.79 Å². The van der Waals surface area contributed by atoms with Crippen molar-refractivity contribution in [3.63, 3.8) is 0 Å². The number of nitrogens with two attached hydrogens (primary N) is 1. The minimum absolute atomic E-state index is 0.0255. The van der Waals surface area contributed by atoms with Gasteiger partial charge >= 0.3 is 0 Å². The Labute approximate surface area is 119 Å². The van der Waals surface area contributed by atoms with Gasteiger partial charge in [-0.1, -0.05) is 12.1 Å². The highest BCUT2D eigenvalue weighted by atomic mass is 79.9. The monoisotopic (exact) mass is 317 g/mol. The van der Waals surface area contributed by atoms with Gasteiger partial charge in [0.2, 0.25) is 5.91 Å². The van der Waals surface area contributed by atoms with Crippen LogP contribution in [0.25, 0.3) is 0 Å². The van der Waals surface area contributed by atoms with Gasteiger partial charge in [-0.15, -0.1) is 0 Å². The highest BCUT2D eigenvalue weighted by Crippen LogP contribution is 2.38. The normalized spacial score (nSPS) is 13.9. The molecule has 0 spiro atoms. The van der Waals surface area contributed by atoms with Crippen LogP contribution in [0.15, 0.2) is 46.9 Å².